The zero-order valence-corrected chi connectivity index (χ0v) is 13.7. The minimum atomic E-state index is -0.579. The van der Waals surface area contributed by atoms with Crippen LogP contribution in [0.5, 0.6) is 5.75 Å². The Hall–Kier alpha value is -3.04. The van der Waals surface area contributed by atoms with E-state index < -0.39 is 5.83 Å². The molecule has 4 nitrogen and oxygen atoms in total. The van der Waals surface area contributed by atoms with Gasteiger partial charge in [0.05, 0.1) is 14.2 Å². The van der Waals surface area contributed by atoms with Crippen LogP contribution < -0.4 is 4.74 Å². The Balaban J connectivity index is 2.39. The number of hydrogen-bond donors (Lipinski definition) is 0. The molecular weight excluding hydrogens is 309 g/mol. The van der Waals surface area contributed by atoms with Gasteiger partial charge in [-0.1, -0.05) is 17.9 Å². The fraction of sp³-hybridized carbons (Fsp3) is 0.158. The smallest absolute Gasteiger partial charge is 0.208 e. The Bertz CT molecular complexity index is 782. The van der Waals surface area contributed by atoms with E-state index in [1.807, 2.05) is 6.92 Å². The average Bonchev–Trinajstić information content (AvgIpc) is 2.81. The minimum absolute atomic E-state index is 0.0674. The molecule has 1 aliphatic rings. The van der Waals surface area contributed by atoms with Crippen molar-refractivity contribution >= 4 is 6.08 Å². The van der Waals surface area contributed by atoms with E-state index in [0.29, 0.717) is 22.8 Å². The van der Waals surface area contributed by atoms with E-state index in [9.17, 15) is 4.39 Å². The van der Waals surface area contributed by atoms with E-state index in [4.69, 9.17) is 14.2 Å². The number of halogens is 1. The van der Waals surface area contributed by atoms with Crippen molar-refractivity contribution in [1.82, 2.24) is 4.98 Å². The van der Waals surface area contributed by atoms with Gasteiger partial charge >= 0.3 is 0 Å². The molecule has 2 rings (SSSR count). The van der Waals surface area contributed by atoms with Gasteiger partial charge in [0.15, 0.2) is 17.3 Å². The normalized spacial score (nSPS) is 14.7. The average molecular weight is 327 g/mol. The third kappa shape index (κ3) is 4.24. The summed E-state index contributed by atoms with van der Waals surface area (Å²) in [7, 11) is 3.09. The molecule has 0 aliphatic heterocycles. The number of rotatable bonds is 6. The van der Waals surface area contributed by atoms with Gasteiger partial charge in [0.1, 0.15) is 5.75 Å². The van der Waals surface area contributed by atoms with E-state index in [-0.39, 0.29) is 5.76 Å². The molecule has 0 aromatic carbocycles. The Morgan fingerprint density at radius 2 is 2.00 bits per heavy atom. The van der Waals surface area contributed by atoms with Gasteiger partial charge in [0.25, 0.3) is 0 Å². The predicted octanol–water partition coefficient (Wildman–Crippen LogP) is 4.46. The molecule has 0 fully saturated rings. The summed E-state index contributed by atoms with van der Waals surface area (Å²) < 4.78 is 30.2. The standard InChI is InChI=1S/C19H18FNO3/c1-4-16(22-2)19(23-3)12-14-13-21-11-10-17(14)24-18-9-7-5-6-8-15(18)20/h4-7,9-13H,1-3H3/b16-4+,19-12+. The highest BCUT2D eigenvalue weighted by atomic mass is 19.1. The first-order valence-corrected chi connectivity index (χ1v) is 7.27. The molecule has 0 atom stereocenters. The maximum atomic E-state index is 13.9. The summed E-state index contributed by atoms with van der Waals surface area (Å²) in [6, 6.07) is 1.65. The molecular formula is C19H18FNO3. The van der Waals surface area contributed by atoms with Gasteiger partial charge in [-0.2, -0.15) is 4.39 Å². The molecule has 0 saturated carbocycles. The first-order chi connectivity index (χ1) is 11.7. The largest absolute Gasteiger partial charge is 0.493 e. The molecule has 0 spiro atoms. The van der Waals surface area contributed by atoms with Crippen molar-refractivity contribution in [1.29, 1.82) is 0 Å². The number of methoxy groups -OCH3 is 2. The molecule has 0 unspecified atom stereocenters. The highest BCUT2D eigenvalue weighted by molar-refractivity contribution is 5.60. The molecule has 0 N–H and O–H groups in total. The summed E-state index contributed by atoms with van der Waals surface area (Å²) in [5, 5.41) is 0. The fourth-order valence-corrected chi connectivity index (χ4v) is 1.99. The lowest BCUT2D eigenvalue weighted by atomic mass is 10.2. The molecule has 0 bridgehead atoms. The van der Waals surface area contributed by atoms with Crippen LogP contribution in [0.2, 0.25) is 0 Å². The summed E-state index contributed by atoms with van der Waals surface area (Å²) in [5.41, 5.74) is 3.10. The second-order valence-electron chi connectivity index (χ2n) is 4.63. The molecule has 124 valence electrons. The van der Waals surface area contributed by atoms with E-state index in [1.54, 1.807) is 49.9 Å². The summed E-state index contributed by atoms with van der Waals surface area (Å²) >= 11 is 0. The fourth-order valence-electron chi connectivity index (χ4n) is 1.99. The highest BCUT2D eigenvalue weighted by Crippen LogP contribution is 2.27. The number of allylic oxidation sites excluding steroid dienone is 5. The van der Waals surface area contributed by atoms with Gasteiger partial charge in [-0.25, -0.2) is 0 Å². The van der Waals surface area contributed by atoms with Crippen molar-refractivity contribution in [3.8, 4) is 5.75 Å². The third-order valence-corrected chi connectivity index (χ3v) is 3.14. The van der Waals surface area contributed by atoms with Crippen LogP contribution in [0.3, 0.4) is 0 Å². The van der Waals surface area contributed by atoms with Crippen LogP contribution in [0.4, 0.5) is 4.39 Å². The molecule has 1 aromatic heterocycles. The molecule has 0 radical (unpaired) electrons. The van der Waals surface area contributed by atoms with E-state index >= 15 is 0 Å². The Morgan fingerprint density at radius 3 is 2.71 bits per heavy atom. The van der Waals surface area contributed by atoms with Crippen molar-refractivity contribution in [2.75, 3.05) is 14.2 Å². The number of hydrogen-bond acceptors (Lipinski definition) is 4. The zero-order chi connectivity index (χ0) is 17.4. The van der Waals surface area contributed by atoms with Crippen LogP contribution in [0, 0.1) is 0 Å². The summed E-state index contributed by atoms with van der Waals surface area (Å²) in [4.78, 5) is 4.08. The lowest BCUT2D eigenvalue weighted by Gasteiger charge is -2.12. The maximum absolute atomic E-state index is 13.9. The third-order valence-electron chi connectivity index (χ3n) is 3.14. The van der Waals surface area contributed by atoms with Crippen molar-refractivity contribution in [2.45, 2.75) is 6.92 Å². The Kier molecular flexibility index (Phi) is 6.17. The van der Waals surface area contributed by atoms with Gasteiger partial charge in [-0.15, -0.1) is 0 Å². The monoisotopic (exact) mass is 327 g/mol. The van der Waals surface area contributed by atoms with Gasteiger partial charge in [-0.3, -0.25) is 4.98 Å². The first-order valence-electron chi connectivity index (χ1n) is 7.27. The number of ether oxygens (including phenoxy) is 3. The van der Waals surface area contributed by atoms with Crippen molar-refractivity contribution < 1.29 is 18.6 Å². The Morgan fingerprint density at radius 1 is 1.21 bits per heavy atom. The van der Waals surface area contributed by atoms with Gasteiger partial charge in [0, 0.05) is 18.0 Å². The molecule has 1 aromatic rings. The molecule has 1 heterocycles. The molecule has 1 aliphatic carbocycles. The maximum Gasteiger partial charge on any atom is 0.208 e. The molecule has 0 amide bonds. The van der Waals surface area contributed by atoms with Gasteiger partial charge in [0.2, 0.25) is 5.83 Å². The summed E-state index contributed by atoms with van der Waals surface area (Å²) in [5.74, 6) is 0.994. The van der Waals surface area contributed by atoms with Crippen LogP contribution in [-0.2, 0) is 9.47 Å². The zero-order valence-electron chi connectivity index (χ0n) is 13.7. The highest BCUT2D eigenvalue weighted by Gasteiger charge is 2.12. The van der Waals surface area contributed by atoms with Crippen LogP contribution in [0.15, 0.2) is 77.7 Å². The van der Waals surface area contributed by atoms with Crippen LogP contribution in [-0.4, -0.2) is 19.2 Å². The molecule has 0 saturated heterocycles. The van der Waals surface area contributed by atoms with Crippen LogP contribution >= 0.6 is 0 Å². The lowest BCUT2D eigenvalue weighted by molar-refractivity contribution is 0.222. The molecule has 5 heteroatoms. The van der Waals surface area contributed by atoms with E-state index in [2.05, 4.69) is 10.7 Å². The minimum Gasteiger partial charge on any atom is -0.493 e. The second-order valence-corrected chi connectivity index (χ2v) is 4.63. The summed E-state index contributed by atoms with van der Waals surface area (Å²) in [6.07, 6.45) is 13.0. The topological polar surface area (TPSA) is 40.6 Å². The SMILES string of the molecule is C/C=C(OC)\C(=C/c1cnccc1OC1=CC=CC=C=C1F)OC. The van der Waals surface area contributed by atoms with E-state index in [0.717, 1.165) is 0 Å². The van der Waals surface area contributed by atoms with Gasteiger partial charge in [-0.05, 0) is 37.3 Å². The lowest BCUT2D eigenvalue weighted by Crippen LogP contribution is -1.99. The Labute approximate surface area is 140 Å². The van der Waals surface area contributed by atoms with Crippen LogP contribution in [0.1, 0.15) is 12.5 Å². The van der Waals surface area contributed by atoms with Gasteiger partial charge < -0.3 is 14.2 Å². The number of pyridine rings is 1. The van der Waals surface area contributed by atoms with Crippen LogP contribution in [0.25, 0.3) is 6.08 Å². The predicted molar refractivity (Wildman–Crippen MR) is 90.5 cm³/mol. The second kappa shape index (κ2) is 8.56. The van der Waals surface area contributed by atoms with Crippen molar-refractivity contribution in [3.05, 3.63) is 83.2 Å². The first kappa shape index (κ1) is 17.3. The van der Waals surface area contributed by atoms with Crippen molar-refractivity contribution in [3.63, 3.8) is 0 Å². The number of aromatic nitrogens is 1. The van der Waals surface area contributed by atoms with Crippen molar-refractivity contribution in [2.24, 2.45) is 0 Å². The number of nitrogens with zero attached hydrogens (tertiary/aromatic N) is 1. The van der Waals surface area contributed by atoms with E-state index in [1.165, 1.54) is 19.3 Å². The quantitative estimate of drug-likeness (QED) is 0.439. The summed E-state index contributed by atoms with van der Waals surface area (Å²) in [6.45, 7) is 1.83. The molecule has 24 heavy (non-hydrogen) atoms.